The van der Waals surface area contributed by atoms with E-state index in [4.69, 9.17) is 4.74 Å². The highest BCUT2D eigenvalue weighted by Gasteiger charge is 2.13. The molecule has 114 valence electrons. The lowest BCUT2D eigenvalue weighted by Gasteiger charge is -2.09. The molecule has 1 N–H and O–H groups in total. The molecular weight excluding hydrogens is 298 g/mol. The van der Waals surface area contributed by atoms with Gasteiger partial charge in [0.15, 0.2) is 6.61 Å². The number of esters is 1. The van der Waals surface area contributed by atoms with E-state index in [1.54, 1.807) is 18.2 Å². The molecule has 0 radical (unpaired) electrons. The fraction of sp³-hybridized carbons (Fsp3) is 0.176. The summed E-state index contributed by atoms with van der Waals surface area (Å²) in [5.74, 6) is -0.857. The van der Waals surface area contributed by atoms with Gasteiger partial charge in [-0.1, -0.05) is 24.3 Å². The molecule has 5 heteroatoms. The van der Waals surface area contributed by atoms with E-state index in [1.165, 1.54) is 11.8 Å². The summed E-state index contributed by atoms with van der Waals surface area (Å²) in [5.41, 5.74) is 2.20. The van der Waals surface area contributed by atoms with E-state index >= 15 is 0 Å². The second-order valence-electron chi connectivity index (χ2n) is 4.69. The molecule has 0 heterocycles. The monoisotopic (exact) mass is 315 g/mol. The normalized spacial score (nSPS) is 10.1. The van der Waals surface area contributed by atoms with Gasteiger partial charge in [-0.3, -0.25) is 4.79 Å². The minimum Gasteiger partial charge on any atom is -0.452 e. The number of nitrogens with one attached hydrogen (secondary N) is 1. The summed E-state index contributed by atoms with van der Waals surface area (Å²) in [4.78, 5) is 24.7. The van der Waals surface area contributed by atoms with Gasteiger partial charge in [-0.05, 0) is 43.0 Å². The average Bonchev–Trinajstić information content (AvgIpc) is 2.52. The molecule has 2 aromatic rings. The number of aryl methyl sites for hydroxylation is 1. The number of thioether (sulfide) groups is 1. The number of ether oxygens (including phenoxy) is 1. The van der Waals surface area contributed by atoms with E-state index in [-0.39, 0.29) is 12.5 Å². The molecule has 22 heavy (non-hydrogen) atoms. The molecular formula is C17H17NO3S. The summed E-state index contributed by atoms with van der Waals surface area (Å²) in [6, 6.07) is 14.6. The van der Waals surface area contributed by atoms with Crippen molar-refractivity contribution in [3.8, 4) is 0 Å². The number of amides is 1. The molecule has 1 amide bonds. The van der Waals surface area contributed by atoms with Crippen LogP contribution < -0.4 is 5.32 Å². The van der Waals surface area contributed by atoms with Gasteiger partial charge in [-0.2, -0.15) is 0 Å². The Morgan fingerprint density at radius 2 is 1.91 bits per heavy atom. The Balaban J connectivity index is 1.92. The standard InChI is InChI=1S/C17H17NO3S/c1-12-6-5-7-13(10-12)18-16(19)11-21-17(20)14-8-3-4-9-15(14)22-2/h3-10H,11H2,1-2H3,(H,18,19). The maximum atomic E-state index is 12.0. The van der Waals surface area contributed by atoms with Crippen LogP contribution >= 0.6 is 11.8 Å². The van der Waals surface area contributed by atoms with E-state index in [2.05, 4.69) is 5.32 Å². The lowest BCUT2D eigenvalue weighted by molar-refractivity contribution is -0.119. The third-order valence-corrected chi connectivity index (χ3v) is 3.76. The number of carbonyl (C=O) groups excluding carboxylic acids is 2. The van der Waals surface area contributed by atoms with E-state index in [9.17, 15) is 9.59 Å². The van der Waals surface area contributed by atoms with Gasteiger partial charge in [-0.15, -0.1) is 11.8 Å². The molecule has 0 aliphatic carbocycles. The van der Waals surface area contributed by atoms with Crippen LogP contribution in [0.4, 0.5) is 5.69 Å². The van der Waals surface area contributed by atoms with E-state index in [0.717, 1.165) is 10.5 Å². The predicted octanol–water partition coefficient (Wildman–Crippen LogP) is 3.51. The van der Waals surface area contributed by atoms with Crippen molar-refractivity contribution in [1.29, 1.82) is 0 Å². The average molecular weight is 315 g/mol. The van der Waals surface area contributed by atoms with Crippen molar-refractivity contribution in [2.45, 2.75) is 11.8 Å². The van der Waals surface area contributed by atoms with Crippen molar-refractivity contribution >= 4 is 29.3 Å². The third-order valence-electron chi connectivity index (χ3n) is 2.96. The molecule has 0 spiro atoms. The van der Waals surface area contributed by atoms with Crippen molar-refractivity contribution in [3.05, 3.63) is 59.7 Å². The lowest BCUT2D eigenvalue weighted by Crippen LogP contribution is -2.21. The Kier molecular flexibility index (Phi) is 5.61. The van der Waals surface area contributed by atoms with Crippen molar-refractivity contribution in [3.63, 3.8) is 0 Å². The van der Waals surface area contributed by atoms with E-state index in [0.29, 0.717) is 11.3 Å². The van der Waals surface area contributed by atoms with Crippen molar-refractivity contribution in [2.75, 3.05) is 18.2 Å². The Bertz CT molecular complexity index is 685. The first-order valence-electron chi connectivity index (χ1n) is 6.77. The molecule has 2 aromatic carbocycles. The van der Waals surface area contributed by atoms with Gasteiger partial charge in [-0.25, -0.2) is 4.79 Å². The lowest BCUT2D eigenvalue weighted by atomic mass is 10.2. The Labute approximate surface area is 133 Å². The van der Waals surface area contributed by atoms with Crippen LogP contribution in [0.2, 0.25) is 0 Å². The zero-order chi connectivity index (χ0) is 15.9. The first-order valence-corrected chi connectivity index (χ1v) is 7.99. The Hall–Kier alpha value is -2.27. The van der Waals surface area contributed by atoms with Gasteiger partial charge in [0.05, 0.1) is 5.56 Å². The zero-order valence-corrected chi connectivity index (χ0v) is 13.3. The smallest absolute Gasteiger partial charge is 0.339 e. The molecule has 0 aromatic heterocycles. The van der Waals surface area contributed by atoms with Gasteiger partial charge in [0, 0.05) is 10.6 Å². The summed E-state index contributed by atoms with van der Waals surface area (Å²) in [7, 11) is 0. The number of hydrogen-bond acceptors (Lipinski definition) is 4. The minimum absolute atomic E-state index is 0.310. The number of anilines is 1. The summed E-state index contributed by atoms with van der Waals surface area (Å²) in [6.45, 7) is 1.63. The Morgan fingerprint density at radius 3 is 2.64 bits per heavy atom. The van der Waals surface area contributed by atoms with Crippen LogP contribution in [0.5, 0.6) is 0 Å². The van der Waals surface area contributed by atoms with Crippen molar-refractivity contribution in [1.82, 2.24) is 0 Å². The maximum Gasteiger partial charge on any atom is 0.339 e. The summed E-state index contributed by atoms with van der Waals surface area (Å²) in [5, 5.41) is 2.70. The van der Waals surface area contributed by atoms with Gasteiger partial charge < -0.3 is 10.1 Å². The van der Waals surface area contributed by atoms with Crippen LogP contribution in [0, 0.1) is 6.92 Å². The fourth-order valence-electron chi connectivity index (χ4n) is 1.94. The van der Waals surface area contributed by atoms with Crippen LogP contribution in [0.15, 0.2) is 53.4 Å². The highest BCUT2D eigenvalue weighted by atomic mass is 32.2. The van der Waals surface area contributed by atoms with E-state index in [1.807, 2.05) is 43.5 Å². The number of rotatable bonds is 5. The van der Waals surface area contributed by atoms with Crippen molar-refractivity contribution < 1.29 is 14.3 Å². The molecule has 4 nitrogen and oxygen atoms in total. The number of hydrogen-bond donors (Lipinski definition) is 1. The maximum absolute atomic E-state index is 12.0. The molecule has 0 saturated heterocycles. The summed E-state index contributed by atoms with van der Waals surface area (Å²) >= 11 is 1.46. The Morgan fingerprint density at radius 1 is 1.14 bits per heavy atom. The molecule has 0 atom stereocenters. The quantitative estimate of drug-likeness (QED) is 0.677. The minimum atomic E-state index is -0.496. The molecule has 0 aliphatic rings. The molecule has 0 unspecified atom stereocenters. The van der Waals surface area contributed by atoms with Gasteiger partial charge in [0.2, 0.25) is 0 Å². The fourth-order valence-corrected chi connectivity index (χ4v) is 2.53. The highest BCUT2D eigenvalue weighted by Crippen LogP contribution is 2.20. The summed E-state index contributed by atoms with van der Waals surface area (Å²) < 4.78 is 5.07. The van der Waals surface area contributed by atoms with Crippen LogP contribution in [0.1, 0.15) is 15.9 Å². The first-order chi connectivity index (χ1) is 10.6. The summed E-state index contributed by atoms with van der Waals surface area (Å²) in [6.07, 6.45) is 1.89. The molecule has 0 aliphatic heterocycles. The SMILES string of the molecule is CSc1ccccc1C(=O)OCC(=O)Nc1cccc(C)c1. The molecule has 0 fully saturated rings. The van der Waals surface area contributed by atoms with Crippen LogP contribution in [0.25, 0.3) is 0 Å². The molecule has 0 bridgehead atoms. The highest BCUT2D eigenvalue weighted by molar-refractivity contribution is 7.98. The second kappa shape index (κ2) is 7.66. The number of benzene rings is 2. The topological polar surface area (TPSA) is 55.4 Å². The number of carbonyl (C=O) groups is 2. The zero-order valence-electron chi connectivity index (χ0n) is 12.5. The van der Waals surface area contributed by atoms with Crippen molar-refractivity contribution in [2.24, 2.45) is 0 Å². The van der Waals surface area contributed by atoms with Gasteiger partial charge in [0.1, 0.15) is 0 Å². The van der Waals surface area contributed by atoms with Gasteiger partial charge in [0.25, 0.3) is 5.91 Å². The first kappa shape index (κ1) is 16.1. The second-order valence-corrected chi connectivity index (χ2v) is 5.54. The van der Waals surface area contributed by atoms with Crippen LogP contribution in [-0.2, 0) is 9.53 Å². The van der Waals surface area contributed by atoms with Crippen LogP contribution in [0.3, 0.4) is 0 Å². The molecule has 2 rings (SSSR count). The van der Waals surface area contributed by atoms with Gasteiger partial charge >= 0.3 is 5.97 Å². The molecule has 0 saturated carbocycles. The predicted molar refractivity (Wildman–Crippen MR) is 88.3 cm³/mol. The van der Waals surface area contributed by atoms with Crippen LogP contribution in [-0.4, -0.2) is 24.7 Å². The van der Waals surface area contributed by atoms with E-state index < -0.39 is 5.97 Å². The third kappa shape index (κ3) is 4.36. The largest absolute Gasteiger partial charge is 0.452 e.